The fourth-order valence-electron chi connectivity index (χ4n) is 13.3. The number of ether oxygens (including phenoxy) is 1. The molecule has 0 saturated heterocycles. The van der Waals surface area contributed by atoms with Gasteiger partial charge in [0.05, 0.1) is 11.1 Å². The topological polar surface area (TPSA) is 12.5 Å². The highest BCUT2D eigenvalue weighted by Crippen LogP contribution is 2.64. The van der Waals surface area contributed by atoms with Crippen LogP contribution in [-0.2, 0) is 10.8 Å². The summed E-state index contributed by atoms with van der Waals surface area (Å²) in [5.74, 6) is 3.06. The number of hydrogen-bond donors (Lipinski definition) is 0. The van der Waals surface area contributed by atoms with Gasteiger partial charge in [-0.2, -0.15) is 0 Å². The molecule has 66 heavy (non-hydrogen) atoms. The van der Waals surface area contributed by atoms with Gasteiger partial charge in [0.15, 0.2) is 0 Å². The molecule has 2 heteroatoms. The van der Waals surface area contributed by atoms with E-state index >= 15 is 0 Å². The summed E-state index contributed by atoms with van der Waals surface area (Å²) in [6.45, 7) is 4.78. The zero-order valence-corrected chi connectivity index (χ0v) is 38.3. The van der Waals surface area contributed by atoms with Gasteiger partial charge in [-0.1, -0.05) is 186 Å². The number of rotatable bonds is 6. The molecule has 2 fully saturated rings. The quantitative estimate of drug-likeness (QED) is 0.165. The van der Waals surface area contributed by atoms with Gasteiger partial charge in [0.2, 0.25) is 0 Å². The highest BCUT2D eigenvalue weighted by Gasteiger charge is 2.52. The molecule has 1 aliphatic heterocycles. The standard InChI is InChI=1S/C64H57NO/c1-63(2)54-26-14-12-25-50(54)51-36-32-47(40-56(51)63)65(60-28-16-13-24-49(60)44-22-10-5-11-23-44)48-33-37-62-59(41-48)64(55-27-15-17-29-61(55)66-62)57-38-45(42-18-6-3-7-19-42)30-34-52(57)53-35-31-46(39-58(53)64)43-20-8-4-9-21-43/h5,10-17,22-43H,3-4,6-9,18-21H2,1-2H3. The van der Waals surface area contributed by atoms with Gasteiger partial charge < -0.3 is 9.64 Å². The Morgan fingerprint density at radius 3 is 1.58 bits per heavy atom. The lowest BCUT2D eigenvalue weighted by molar-refractivity contribution is 0.433. The zero-order chi connectivity index (χ0) is 44.0. The van der Waals surface area contributed by atoms with E-state index in [1.165, 1.54) is 142 Å². The SMILES string of the molecule is CC1(C)c2ccccc2-c2ccc(N(c3ccc4c(c3)C3(c5ccccc5O4)c4cc(C5CCCCC5)ccc4-c4ccc(C5CCCCC5)cc43)c3ccccc3-c3ccccc3)cc21. The Morgan fingerprint density at radius 1 is 0.394 bits per heavy atom. The summed E-state index contributed by atoms with van der Waals surface area (Å²) in [7, 11) is 0. The third-order valence-corrected chi connectivity index (χ3v) is 16.5. The Hall–Kier alpha value is -6.64. The van der Waals surface area contributed by atoms with Crippen LogP contribution >= 0.6 is 0 Å². The Bertz CT molecular complexity index is 3110. The van der Waals surface area contributed by atoms with Crippen molar-refractivity contribution in [3.8, 4) is 44.9 Å². The number of nitrogens with zero attached hydrogens (tertiary/aromatic N) is 1. The fraction of sp³-hybridized carbons (Fsp3) is 0.250. The summed E-state index contributed by atoms with van der Waals surface area (Å²) in [6.07, 6.45) is 13.0. The largest absolute Gasteiger partial charge is 0.457 e. The van der Waals surface area contributed by atoms with Crippen LogP contribution in [0, 0.1) is 0 Å². The lowest BCUT2D eigenvalue weighted by atomic mass is 9.65. The van der Waals surface area contributed by atoms with E-state index < -0.39 is 5.41 Å². The zero-order valence-electron chi connectivity index (χ0n) is 38.3. The van der Waals surface area contributed by atoms with Gasteiger partial charge in [-0.3, -0.25) is 0 Å². The van der Waals surface area contributed by atoms with Crippen molar-refractivity contribution in [2.75, 3.05) is 4.90 Å². The molecule has 0 amide bonds. The van der Waals surface area contributed by atoms with Crippen LogP contribution in [0.1, 0.15) is 134 Å². The molecule has 0 unspecified atom stereocenters. The van der Waals surface area contributed by atoms with Crippen LogP contribution in [0.15, 0.2) is 176 Å². The Kier molecular flexibility index (Phi) is 9.31. The van der Waals surface area contributed by atoms with Crippen LogP contribution in [0.25, 0.3) is 33.4 Å². The second-order valence-electron chi connectivity index (χ2n) is 20.4. The molecule has 324 valence electrons. The van der Waals surface area contributed by atoms with Gasteiger partial charge in [0, 0.05) is 33.5 Å². The van der Waals surface area contributed by atoms with Crippen LogP contribution in [0.5, 0.6) is 11.5 Å². The molecule has 4 aliphatic carbocycles. The van der Waals surface area contributed by atoms with E-state index in [0.717, 1.165) is 28.6 Å². The lowest BCUT2D eigenvalue weighted by Crippen LogP contribution is -2.33. The average molecular weight is 856 g/mol. The maximum atomic E-state index is 7.13. The van der Waals surface area contributed by atoms with E-state index in [9.17, 15) is 0 Å². The molecule has 0 aromatic heterocycles. The number of fused-ring (bicyclic) bond motifs is 12. The van der Waals surface area contributed by atoms with Crippen LogP contribution in [0.2, 0.25) is 0 Å². The van der Waals surface area contributed by atoms with Gasteiger partial charge in [0.25, 0.3) is 0 Å². The molecule has 8 aromatic carbocycles. The summed E-state index contributed by atoms with van der Waals surface area (Å²) in [4.78, 5) is 2.53. The number of hydrogen-bond acceptors (Lipinski definition) is 2. The van der Waals surface area contributed by atoms with Crippen molar-refractivity contribution in [3.05, 3.63) is 220 Å². The van der Waals surface area contributed by atoms with Crippen molar-refractivity contribution >= 4 is 17.1 Å². The molecule has 0 bridgehead atoms. The maximum Gasteiger partial charge on any atom is 0.132 e. The molecular weight excluding hydrogens is 799 g/mol. The molecule has 13 rings (SSSR count). The molecule has 0 radical (unpaired) electrons. The summed E-state index contributed by atoms with van der Waals surface area (Å²) >= 11 is 0. The second kappa shape index (κ2) is 15.5. The Labute approximate surface area is 391 Å². The monoisotopic (exact) mass is 855 g/mol. The predicted molar refractivity (Wildman–Crippen MR) is 273 cm³/mol. The molecule has 1 spiro atoms. The van der Waals surface area contributed by atoms with Crippen molar-refractivity contribution < 1.29 is 4.74 Å². The van der Waals surface area contributed by atoms with Crippen LogP contribution < -0.4 is 9.64 Å². The van der Waals surface area contributed by atoms with E-state index in [-0.39, 0.29) is 5.41 Å². The predicted octanol–water partition coefficient (Wildman–Crippen LogP) is 17.7. The molecule has 2 saturated carbocycles. The van der Waals surface area contributed by atoms with E-state index in [1.54, 1.807) is 0 Å². The van der Waals surface area contributed by atoms with E-state index in [4.69, 9.17) is 4.74 Å². The Morgan fingerprint density at radius 2 is 0.894 bits per heavy atom. The molecule has 0 N–H and O–H groups in total. The third-order valence-electron chi connectivity index (χ3n) is 16.5. The first-order valence-corrected chi connectivity index (χ1v) is 24.9. The summed E-state index contributed by atoms with van der Waals surface area (Å²) in [6, 6.07) is 67.3. The molecule has 8 aromatic rings. The third kappa shape index (κ3) is 5.99. The molecular formula is C64H57NO. The Balaban J connectivity index is 1.08. The van der Waals surface area contributed by atoms with E-state index in [0.29, 0.717) is 11.8 Å². The van der Waals surface area contributed by atoms with Crippen LogP contribution in [-0.4, -0.2) is 0 Å². The second-order valence-corrected chi connectivity index (χ2v) is 20.4. The first kappa shape index (κ1) is 39.7. The molecule has 0 atom stereocenters. The molecule has 1 heterocycles. The molecule has 5 aliphatic rings. The van der Waals surface area contributed by atoms with Crippen LogP contribution in [0.3, 0.4) is 0 Å². The van der Waals surface area contributed by atoms with Gasteiger partial charge in [0.1, 0.15) is 11.5 Å². The van der Waals surface area contributed by atoms with Gasteiger partial charge in [-0.05, 0) is 141 Å². The average Bonchev–Trinajstić information content (AvgIpc) is 3.79. The summed E-state index contributed by atoms with van der Waals surface area (Å²) < 4.78 is 7.13. The van der Waals surface area contributed by atoms with Crippen molar-refractivity contribution in [2.24, 2.45) is 0 Å². The van der Waals surface area contributed by atoms with E-state index in [1.807, 2.05) is 0 Å². The minimum Gasteiger partial charge on any atom is -0.457 e. The fourth-order valence-corrected chi connectivity index (χ4v) is 13.3. The van der Waals surface area contributed by atoms with Crippen molar-refractivity contribution in [1.29, 1.82) is 0 Å². The highest BCUT2D eigenvalue weighted by molar-refractivity contribution is 5.93. The summed E-state index contributed by atoms with van der Waals surface area (Å²) in [5, 5.41) is 0. The smallest absolute Gasteiger partial charge is 0.132 e. The van der Waals surface area contributed by atoms with Crippen molar-refractivity contribution in [2.45, 2.75) is 101 Å². The first-order chi connectivity index (χ1) is 32.5. The molecule has 2 nitrogen and oxygen atoms in total. The van der Waals surface area contributed by atoms with Gasteiger partial charge in [-0.15, -0.1) is 0 Å². The minimum atomic E-state index is -0.577. The lowest BCUT2D eigenvalue weighted by Gasteiger charge is -2.41. The minimum absolute atomic E-state index is 0.145. The number of anilines is 3. The summed E-state index contributed by atoms with van der Waals surface area (Å²) in [5.41, 5.74) is 21.5. The normalized spacial score (nSPS) is 17.5. The van der Waals surface area contributed by atoms with Crippen molar-refractivity contribution in [1.82, 2.24) is 0 Å². The van der Waals surface area contributed by atoms with Gasteiger partial charge >= 0.3 is 0 Å². The highest BCUT2D eigenvalue weighted by atomic mass is 16.5. The van der Waals surface area contributed by atoms with E-state index in [2.05, 4.69) is 195 Å². The first-order valence-electron chi connectivity index (χ1n) is 24.9. The van der Waals surface area contributed by atoms with Crippen molar-refractivity contribution in [3.63, 3.8) is 0 Å². The maximum absolute atomic E-state index is 7.13. The van der Waals surface area contributed by atoms with Gasteiger partial charge in [-0.25, -0.2) is 0 Å². The number of para-hydroxylation sites is 2. The van der Waals surface area contributed by atoms with Crippen LogP contribution in [0.4, 0.5) is 17.1 Å². The number of benzene rings is 8.